The molecule has 0 bridgehead atoms. The van der Waals surface area contributed by atoms with Crippen molar-refractivity contribution in [3.63, 3.8) is 0 Å². The van der Waals surface area contributed by atoms with Crippen molar-refractivity contribution in [2.24, 2.45) is 0 Å². The van der Waals surface area contributed by atoms with E-state index in [1.165, 1.54) is 0 Å². The number of hydrogen-bond donors (Lipinski definition) is 0. The predicted molar refractivity (Wildman–Crippen MR) is 84.5 cm³/mol. The highest BCUT2D eigenvalue weighted by Crippen LogP contribution is 2.26. The molecular weight excluding hydrogens is 264 g/mol. The van der Waals surface area contributed by atoms with Crippen molar-refractivity contribution in [3.8, 4) is 17.2 Å². The van der Waals surface area contributed by atoms with Gasteiger partial charge in [-0.05, 0) is 44.0 Å². The molecule has 0 saturated carbocycles. The Hall–Kier alpha value is -2.16. The minimum Gasteiger partial charge on any atom is -0.490 e. The molecule has 21 heavy (non-hydrogen) atoms. The summed E-state index contributed by atoms with van der Waals surface area (Å²) in [6.07, 6.45) is 0. The number of aryl methyl sites for hydroxylation is 2. The lowest BCUT2D eigenvalue weighted by Gasteiger charge is -2.14. The number of hydrogen-bond acceptors (Lipinski definition) is 3. The van der Waals surface area contributed by atoms with E-state index in [1.807, 2.05) is 63.2 Å². The van der Waals surface area contributed by atoms with E-state index in [-0.39, 0.29) is 0 Å². The van der Waals surface area contributed by atoms with E-state index in [0.717, 1.165) is 28.4 Å². The van der Waals surface area contributed by atoms with Crippen molar-refractivity contribution in [1.29, 1.82) is 0 Å². The zero-order chi connectivity index (χ0) is 15.1. The molecule has 0 aromatic heterocycles. The van der Waals surface area contributed by atoms with Gasteiger partial charge < -0.3 is 14.2 Å². The van der Waals surface area contributed by atoms with Crippen LogP contribution in [-0.4, -0.2) is 19.8 Å². The first-order valence-electron chi connectivity index (χ1n) is 7.26. The second kappa shape index (κ2) is 7.58. The van der Waals surface area contributed by atoms with Gasteiger partial charge in [0.2, 0.25) is 0 Å². The standard InChI is InChI=1S/C18H22O3/c1-4-19-16-10-5-6-11-17(16)20-12-13-21-18-14(2)8-7-9-15(18)3/h5-11H,4,12-13H2,1-3H3. The maximum Gasteiger partial charge on any atom is 0.161 e. The number of rotatable bonds is 7. The second-order valence-corrected chi connectivity index (χ2v) is 4.80. The normalized spacial score (nSPS) is 10.2. The summed E-state index contributed by atoms with van der Waals surface area (Å²) >= 11 is 0. The number of ether oxygens (including phenoxy) is 3. The van der Waals surface area contributed by atoms with Crippen molar-refractivity contribution < 1.29 is 14.2 Å². The molecule has 0 aliphatic rings. The Balaban J connectivity index is 1.88. The fourth-order valence-corrected chi connectivity index (χ4v) is 2.17. The molecule has 3 heteroatoms. The summed E-state index contributed by atoms with van der Waals surface area (Å²) in [6, 6.07) is 13.8. The minimum atomic E-state index is 0.484. The topological polar surface area (TPSA) is 27.7 Å². The smallest absolute Gasteiger partial charge is 0.161 e. The number of para-hydroxylation sites is 3. The molecule has 0 N–H and O–H groups in total. The van der Waals surface area contributed by atoms with E-state index >= 15 is 0 Å². The van der Waals surface area contributed by atoms with Crippen LogP contribution in [0.3, 0.4) is 0 Å². The van der Waals surface area contributed by atoms with Crippen molar-refractivity contribution >= 4 is 0 Å². The van der Waals surface area contributed by atoms with Gasteiger partial charge in [0.1, 0.15) is 19.0 Å². The Morgan fingerprint density at radius 2 is 1.29 bits per heavy atom. The molecule has 3 nitrogen and oxygen atoms in total. The lowest BCUT2D eigenvalue weighted by Crippen LogP contribution is -2.11. The summed E-state index contributed by atoms with van der Waals surface area (Å²) in [4.78, 5) is 0. The van der Waals surface area contributed by atoms with Crippen molar-refractivity contribution in [3.05, 3.63) is 53.6 Å². The van der Waals surface area contributed by atoms with E-state index in [4.69, 9.17) is 14.2 Å². The summed E-state index contributed by atoms with van der Waals surface area (Å²) in [5.74, 6) is 2.47. The van der Waals surface area contributed by atoms with Gasteiger partial charge >= 0.3 is 0 Å². The van der Waals surface area contributed by atoms with E-state index in [2.05, 4.69) is 0 Å². The maximum absolute atomic E-state index is 5.82. The van der Waals surface area contributed by atoms with Crippen LogP contribution in [-0.2, 0) is 0 Å². The largest absolute Gasteiger partial charge is 0.490 e. The molecule has 0 heterocycles. The first-order chi connectivity index (χ1) is 10.2. The van der Waals surface area contributed by atoms with E-state index < -0.39 is 0 Å². The van der Waals surface area contributed by atoms with Gasteiger partial charge in [0, 0.05) is 0 Å². The van der Waals surface area contributed by atoms with E-state index in [1.54, 1.807) is 0 Å². The first-order valence-corrected chi connectivity index (χ1v) is 7.26. The molecular formula is C18H22O3. The lowest BCUT2D eigenvalue weighted by molar-refractivity contribution is 0.207. The van der Waals surface area contributed by atoms with Gasteiger partial charge in [-0.2, -0.15) is 0 Å². The van der Waals surface area contributed by atoms with Gasteiger partial charge in [-0.15, -0.1) is 0 Å². The first kappa shape index (κ1) is 15.2. The zero-order valence-corrected chi connectivity index (χ0v) is 12.9. The molecule has 0 radical (unpaired) electrons. The molecule has 0 spiro atoms. The highest BCUT2D eigenvalue weighted by atomic mass is 16.5. The molecule has 0 saturated heterocycles. The molecule has 0 aliphatic heterocycles. The summed E-state index contributed by atoms with van der Waals surface area (Å²) in [5, 5.41) is 0. The van der Waals surface area contributed by atoms with Gasteiger partial charge in [-0.25, -0.2) is 0 Å². The van der Waals surface area contributed by atoms with Crippen LogP contribution in [0.4, 0.5) is 0 Å². The van der Waals surface area contributed by atoms with Gasteiger partial charge in [0.25, 0.3) is 0 Å². The average molecular weight is 286 g/mol. The Bertz CT molecular complexity index is 558. The summed E-state index contributed by atoms with van der Waals surface area (Å²) < 4.78 is 17.1. The Morgan fingerprint density at radius 1 is 0.714 bits per heavy atom. The van der Waals surface area contributed by atoms with E-state index in [9.17, 15) is 0 Å². The van der Waals surface area contributed by atoms with Gasteiger partial charge in [-0.3, -0.25) is 0 Å². The van der Waals surface area contributed by atoms with Gasteiger partial charge in [0.15, 0.2) is 11.5 Å². The van der Waals surface area contributed by atoms with Crippen LogP contribution in [0, 0.1) is 13.8 Å². The molecule has 0 atom stereocenters. The van der Waals surface area contributed by atoms with Crippen molar-refractivity contribution in [1.82, 2.24) is 0 Å². The molecule has 0 unspecified atom stereocenters. The maximum atomic E-state index is 5.82. The monoisotopic (exact) mass is 286 g/mol. The molecule has 0 amide bonds. The van der Waals surface area contributed by atoms with E-state index in [0.29, 0.717) is 19.8 Å². The lowest BCUT2D eigenvalue weighted by atomic mass is 10.1. The van der Waals surface area contributed by atoms with Crippen LogP contribution in [0.25, 0.3) is 0 Å². The third-order valence-corrected chi connectivity index (χ3v) is 3.15. The summed E-state index contributed by atoms with van der Waals surface area (Å²) in [7, 11) is 0. The fraction of sp³-hybridized carbons (Fsp3) is 0.333. The number of benzene rings is 2. The van der Waals surface area contributed by atoms with Crippen molar-refractivity contribution in [2.45, 2.75) is 20.8 Å². The molecule has 2 rings (SSSR count). The summed E-state index contributed by atoms with van der Waals surface area (Å²) in [5.41, 5.74) is 2.29. The molecule has 112 valence electrons. The third kappa shape index (κ3) is 4.15. The van der Waals surface area contributed by atoms with Crippen LogP contribution in [0.2, 0.25) is 0 Å². The zero-order valence-electron chi connectivity index (χ0n) is 12.9. The highest BCUT2D eigenvalue weighted by molar-refractivity contribution is 5.40. The summed E-state index contributed by atoms with van der Waals surface area (Å²) in [6.45, 7) is 7.67. The van der Waals surface area contributed by atoms with Gasteiger partial charge in [0.05, 0.1) is 6.61 Å². The van der Waals surface area contributed by atoms with Crippen LogP contribution in [0.5, 0.6) is 17.2 Å². The quantitative estimate of drug-likeness (QED) is 0.715. The molecule has 0 fully saturated rings. The second-order valence-electron chi connectivity index (χ2n) is 4.80. The van der Waals surface area contributed by atoms with Crippen molar-refractivity contribution in [2.75, 3.05) is 19.8 Å². The molecule has 2 aromatic rings. The van der Waals surface area contributed by atoms with Crippen LogP contribution >= 0.6 is 0 Å². The molecule has 0 aliphatic carbocycles. The van der Waals surface area contributed by atoms with Crippen LogP contribution < -0.4 is 14.2 Å². The SMILES string of the molecule is CCOc1ccccc1OCCOc1c(C)cccc1C. The Kier molecular flexibility index (Phi) is 5.50. The minimum absolute atomic E-state index is 0.484. The van der Waals surface area contributed by atoms with Gasteiger partial charge in [-0.1, -0.05) is 30.3 Å². The average Bonchev–Trinajstić information content (AvgIpc) is 2.48. The van der Waals surface area contributed by atoms with Crippen LogP contribution in [0.15, 0.2) is 42.5 Å². The predicted octanol–water partition coefficient (Wildman–Crippen LogP) is 4.16. The Labute approximate surface area is 126 Å². The molecule has 2 aromatic carbocycles. The van der Waals surface area contributed by atoms with Crippen LogP contribution in [0.1, 0.15) is 18.1 Å². The third-order valence-electron chi connectivity index (χ3n) is 3.15. The fourth-order valence-electron chi connectivity index (χ4n) is 2.17. The highest BCUT2D eigenvalue weighted by Gasteiger charge is 2.05. The Morgan fingerprint density at radius 3 is 1.90 bits per heavy atom.